The summed E-state index contributed by atoms with van der Waals surface area (Å²) >= 11 is 0. The van der Waals surface area contributed by atoms with Crippen LogP contribution in [-0.4, -0.2) is 20.2 Å². The van der Waals surface area contributed by atoms with E-state index in [1.54, 1.807) is 6.08 Å². The fourth-order valence-corrected chi connectivity index (χ4v) is 2.91. The highest BCUT2D eigenvalue weighted by Crippen LogP contribution is 2.37. The van der Waals surface area contributed by atoms with Gasteiger partial charge in [-0.25, -0.2) is 0 Å². The van der Waals surface area contributed by atoms with Gasteiger partial charge in [0.2, 0.25) is 0 Å². The van der Waals surface area contributed by atoms with Crippen molar-refractivity contribution in [3.05, 3.63) is 42.0 Å². The zero-order valence-electron chi connectivity index (χ0n) is 13.4. The van der Waals surface area contributed by atoms with Crippen molar-refractivity contribution in [2.45, 2.75) is 51.9 Å². The molecule has 2 nitrogen and oxygen atoms in total. The van der Waals surface area contributed by atoms with Crippen LogP contribution in [0.15, 0.2) is 36.4 Å². The highest BCUT2D eigenvalue weighted by molar-refractivity contribution is 6.74. The third-order valence-electron chi connectivity index (χ3n) is 3.92. The lowest BCUT2D eigenvalue weighted by Gasteiger charge is -2.37. The van der Waals surface area contributed by atoms with Crippen molar-refractivity contribution in [1.29, 1.82) is 0 Å². The molecular weight excluding hydrogens is 264 g/mol. The summed E-state index contributed by atoms with van der Waals surface area (Å²) in [4.78, 5) is 12.1. The first kappa shape index (κ1) is 16.9. The van der Waals surface area contributed by atoms with E-state index < -0.39 is 8.32 Å². The number of carbonyl (C=O) groups excluding carboxylic acids is 1. The minimum Gasteiger partial charge on any atom is -0.407 e. The molecule has 0 radical (unpaired) electrons. The summed E-state index contributed by atoms with van der Waals surface area (Å²) < 4.78 is 6.09. The Kier molecular flexibility index (Phi) is 5.48. The molecule has 1 rings (SSSR count). The molecule has 3 heteroatoms. The van der Waals surface area contributed by atoms with Crippen LogP contribution in [0.3, 0.4) is 0 Å². The highest BCUT2D eigenvalue weighted by Gasteiger charge is 2.39. The zero-order chi connectivity index (χ0) is 15.4. The van der Waals surface area contributed by atoms with Gasteiger partial charge in [-0.05, 0) is 36.7 Å². The van der Waals surface area contributed by atoms with Crippen LogP contribution in [-0.2, 0) is 9.22 Å². The molecule has 0 aromatic heterocycles. The van der Waals surface area contributed by atoms with E-state index in [0.717, 1.165) is 5.56 Å². The summed E-state index contributed by atoms with van der Waals surface area (Å²) in [6.45, 7) is 12.7. The first-order valence-electron chi connectivity index (χ1n) is 7.08. The van der Waals surface area contributed by atoms with Crippen LogP contribution >= 0.6 is 0 Å². The van der Waals surface area contributed by atoms with Crippen LogP contribution in [0, 0.1) is 0 Å². The number of carbonyl (C=O) groups is 1. The van der Waals surface area contributed by atoms with Crippen molar-refractivity contribution in [3.63, 3.8) is 0 Å². The van der Waals surface area contributed by atoms with Gasteiger partial charge in [-0.15, -0.1) is 0 Å². The fourth-order valence-electron chi connectivity index (χ4n) is 1.55. The molecule has 20 heavy (non-hydrogen) atoms. The van der Waals surface area contributed by atoms with Gasteiger partial charge in [0.1, 0.15) is 6.10 Å². The topological polar surface area (TPSA) is 26.3 Å². The Morgan fingerprint density at radius 2 is 1.75 bits per heavy atom. The Labute approximate surface area is 124 Å². The van der Waals surface area contributed by atoms with E-state index in [1.807, 2.05) is 43.3 Å². The van der Waals surface area contributed by atoms with E-state index in [-0.39, 0.29) is 16.9 Å². The molecule has 0 saturated carbocycles. The number of rotatable bonds is 5. The number of hydrogen-bond acceptors (Lipinski definition) is 2. The summed E-state index contributed by atoms with van der Waals surface area (Å²) in [6.07, 6.45) is 3.08. The first-order valence-corrected chi connectivity index (χ1v) is 9.99. The lowest BCUT2D eigenvalue weighted by molar-refractivity contribution is -0.120. The second-order valence-electron chi connectivity index (χ2n) is 6.67. The Morgan fingerprint density at radius 3 is 2.25 bits per heavy atom. The summed E-state index contributed by atoms with van der Waals surface area (Å²) in [7, 11) is -1.89. The molecule has 0 amide bonds. The predicted octanol–water partition coefficient (Wildman–Crippen LogP) is 4.68. The van der Waals surface area contributed by atoms with Gasteiger partial charge in [0, 0.05) is 0 Å². The number of ketones is 1. The van der Waals surface area contributed by atoms with Gasteiger partial charge in [0.25, 0.3) is 0 Å². The SMILES string of the molecule is CC(O[Si](C)(C)C(C)(C)C)C(=O)C=Cc1ccccc1. The van der Waals surface area contributed by atoms with Crippen LogP contribution in [0.25, 0.3) is 6.08 Å². The van der Waals surface area contributed by atoms with Gasteiger partial charge in [0.05, 0.1) is 0 Å². The third-order valence-corrected chi connectivity index (χ3v) is 8.47. The molecule has 0 bridgehead atoms. The minimum atomic E-state index is -1.89. The van der Waals surface area contributed by atoms with Gasteiger partial charge in [-0.2, -0.15) is 0 Å². The van der Waals surface area contributed by atoms with E-state index in [4.69, 9.17) is 4.43 Å². The fraction of sp³-hybridized carbons (Fsp3) is 0.471. The average Bonchev–Trinajstić information content (AvgIpc) is 2.35. The Morgan fingerprint density at radius 1 is 1.20 bits per heavy atom. The summed E-state index contributed by atoms with van der Waals surface area (Å²) in [5.41, 5.74) is 1.03. The molecule has 1 aromatic rings. The maximum atomic E-state index is 12.1. The van der Waals surface area contributed by atoms with Gasteiger partial charge < -0.3 is 4.43 Å². The Bertz CT molecular complexity index is 470. The van der Waals surface area contributed by atoms with Crippen molar-refractivity contribution in [2.75, 3.05) is 0 Å². The van der Waals surface area contributed by atoms with Crippen LogP contribution in [0.4, 0.5) is 0 Å². The molecule has 0 fully saturated rings. The minimum absolute atomic E-state index is 0.0266. The lowest BCUT2D eigenvalue weighted by Crippen LogP contribution is -2.44. The van der Waals surface area contributed by atoms with Gasteiger partial charge in [-0.3, -0.25) is 4.79 Å². The quantitative estimate of drug-likeness (QED) is 0.581. The van der Waals surface area contributed by atoms with Gasteiger partial charge in [0.15, 0.2) is 14.1 Å². The molecule has 0 spiro atoms. The van der Waals surface area contributed by atoms with E-state index in [1.165, 1.54) is 0 Å². The second-order valence-corrected chi connectivity index (χ2v) is 11.4. The monoisotopic (exact) mass is 290 g/mol. The molecule has 1 atom stereocenters. The normalized spacial score (nSPS) is 14.5. The molecule has 1 unspecified atom stereocenters. The van der Waals surface area contributed by atoms with Crippen molar-refractivity contribution >= 4 is 20.2 Å². The number of benzene rings is 1. The average molecular weight is 290 g/mol. The molecule has 0 saturated heterocycles. The summed E-state index contributed by atoms with van der Waals surface area (Å²) in [5.74, 6) is 0.0266. The Hall–Kier alpha value is -1.19. The Balaban J connectivity index is 2.67. The maximum absolute atomic E-state index is 12.1. The largest absolute Gasteiger partial charge is 0.407 e. The van der Waals surface area contributed by atoms with Gasteiger partial charge in [-0.1, -0.05) is 57.2 Å². The summed E-state index contributed by atoms with van der Waals surface area (Å²) in [6, 6.07) is 9.83. The van der Waals surface area contributed by atoms with Gasteiger partial charge >= 0.3 is 0 Å². The van der Waals surface area contributed by atoms with Crippen molar-refractivity contribution < 1.29 is 9.22 Å². The molecule has 1 aromatic carbocycles. The molecule has 0 heterocycles. The van der Waals surface area contributed by atoms with Crippen LogP contribution in [0.2, 0.25) is 18.1 Å². The van der Waals surface area contributed by atoms with E-state index in [2.05, 4.69) is 33.9 Å². The molecule has 0 N–H and O–H groups in total. The molecular formula is C17H26O2Si. The molecule has 110 valence electrons. The lowest BCUT2D eigenvalue weighted by atomic mass is 10.1. The first-order chi connectivity index (χ1) is 9.13. The third kappa shape index (κ3) is 4.73. The van der Waals surface area contributed by atoms with Crippen LogP contribution in [0.5, 0.6) is 0 Å². The van der Waals surface area contributed by atoms with Crippen LogP contribution in [0.1, 0.15) is 33.3 Å². The van der Waals surface area contributed by atoms with Crippen molar-refractivity contribution in [3.8, 4) is 0 Å². The summed E-state index contributed by atoms with van der Waals surface area (Å²) in [5, 5.41) is 0.116. The molecule has 0 aliphatic heterocycles. The van der Waals surface area contributed by atoms with E-state index >= 15 is 0 Å². The highest BCUT2D eigenvalue weighted by atomic mass is 28.4. The second kappa shape index (κ2) is 6.51. The maximum Gasteiger partial charge on any atom is 0.193 e. The predicted molar refractivity (Wildman–Crippen MR) is 88.2 cm³/mol. The van der Waals surface area contributed by atoms with Crippen molar-refractivity contribution in [1.82, 2.24) is 0 Å². The zero-order valence-corrected chi connectivity index (χ0v) is 14.4. The number of hydrogen-bond donors (Lipinski definition) is 0. The smallest absolute Gasteiger partial charge is 0.193 e. The van der Waals surface area contributed by atoms with E-state index in [9.17, 15) is 4.79 Å². The van der Waals surface area contributed by atoms with Crippen LogP contribution < -0.4 is 0 Å². The van der Waals surface area contributed by atoms with Crippen molar-refractivity contribution in [2.24, 2.45) is 0 Å². The standard InChI is InChI=1S/C17H26O2Si/c1-14(19-20(5,6)17(2,3)4)16(18)13-12-15-10-8-7-9-11-15/h7-14H,1-6H3. The van der Waals surface area contributed by atoms with E-state index in [0.29, 0.717) is 0 Å². The molecule has 0 aliphatic rings. The molecule has 0 aliphatic carbocycles.